The van der Waals surface area contributed by atoms with Gasteiger partial charge in [-0.25, -0.2) is 9.97 Å². The summed E-state index contributed by atoms with van der Waals surface area (Å²) in [6, 6.07) is 0.538. The van der Waals surface area contributed by atoms with E-state index >= 15 is 0 Å². The van der Waals surface area contributed by atoms with Crippen LogP contribution in [0.25, 0.3) is 0 Å². The van der Waals surface area contributed by atoms with Crippen molar-refractivity contribution in [1.82, 2.24) is 15.3 Å². The van der Waals surface area contributed by atoms with Gasteiger partial charge in [0.15, 0.2) is 0 Å². The summed E-state index contributed by atoms with van der Waals surface area (Å²) in [6.07, 6.45) is 7.36. The number of aromatic nitrogens is 2. The number of nitrogens with one attached hydrogen (secondary N) is 1. The van der Waals surface area contributed by atoms with Gasteiger partial charge in [0.2, 0.25) is 0 Å². The second kappa shape index (κ2) is 6.35. The minimum atomic E-state index is 0.169. The molecule has 1 aliphatic heterocycles. The van der Waals surface area contributed by atoms with E-state index in [0.29, 0.717) is 6.04 Å². The van der Waals surface area contributed by atoms with Crippen LogP contribution < -0.4 is 10.2 Å². The average Bonchev–Trinajstić information content (AvgIpc) is 2.37. The molecular formula is C14H23IN4. The van der Waals surface area contributed by atoms with E-state index in [1.165, 1.54) is 19.3 Å². The van der Waals surface area contributed by atoms with Crippen LogP contribution in [-0.2, 0) is 0 Å². The maximum absolute atomic E-state index is 4.48. The molecule has 0 saturated carbocycles. The van der Waals surface area contributed by atoms with E-state index in [-0.39, 0.29) is 5.54 Å². The Kier molecular flexibility index (Phi) is 5.00. The van der Waals surface area contributed by atoms with E-state index < -0.39 is 0 Å². The Bertz CT molecular complexity index is 416. The zero-order chi connectivity index (χ0) is 13.9. The van der Waals surface area contributed by atoms with Crippen LogP contribution >= 0.6 is 22.6 Å². The molecule has 1 N–H and O–H groups in total. The standard InChI is InChI=1S/C14H23IN4/c1-14(2,3)18-8-11-6-4-5-7-19(11)13-12(15)9-16-10-17-13/h9-11,18H,4-8H2,1-3H3. The van der Waals surface area contributed by atoms with Crippen LogP contribution in [0.4, 0.5) is 5.82 Å². The Morgan fingerprint density at radius 2 is 2.21 bits per heavy atom. The molecule has 5 heteroatoms. The first-order chi connectivity index (χ1) is 8.97. The summed E-state index contributed by atoms with van der Waals surface area (Å²) >= 11 is 2.33. The maximum atomic E-state index is 4.48. The molecule has 0 spiro atoms. The highest BCUT2D eigenvalue weighted by atomic mass is 127. The zero-order valence-electron chi connectivity index (χ0n) is 12.0. The molecule has 0 aromatic carbocycles. The number of anilines is 1. The Morgan fingerprint density at radius 3 is 2.89 bits per heavy atom. The lowest BCUT2D eigenvalue weighted by molar-refractivity contribution is 0.365. The number of hydrogen-bond donors (Lipinski definition) is 1. The van der Waals surface area contributed by atoms with Crippen LogP contribution in [0.1, 0.15) is 40.0 Å². The van der Waals surface area contributed by atoms with Crippen molar-refractivity contribution >= 4 is 28.4 Å². The molecule has 0 aliphatic carbocycles. The summed E-state index contributed by atoms with van der Waals surface area (Å²) in [7, 11) is 0. The monoisotopic (exact) mass is 374 g/mol. The van der Waals surface area contributed by atoms with Crippen molar-refractivity contribution in [1.29, 1.82) is 0 Å². The lowest BCUT2D eigenvalue weighted by Crippen LogP contribution is -2.50. The van der Waals surface area contributed by atoms with Crippen molar-refractivity contribution < 1.29 is 0 Å². The highest BCUT2D eigenvalue weighted by Gasteiger charge is 2.26. The van der Waals surface area contributed by atoms with Crippen LogP contribution in [0.3, 0.4) is 0 Å². The van der Waals surface area contributed by atoms with Gasteiger partial charge in [-0.3, -0.25) is 0 Å². The third-order valence-corrected chi connectivity index (χ3v) is 4.18. The number of halogens is 1. The summed E-state index contributed by atoms with van der Waals surface area (Å²) in [6.45, 7) is 8.77. The van der Waals surface area contributed by atoms with Gasteiger partial charge in [0.05, 0.1) is 3.57 Å². The van der Waals surface area contributed by atoms with Crippen molar-refractivity contribution in [2.75, 3.05) is 18.0 Å². The minimum absolute atomic E-state index is 0.169. The number of rotatable bonds is 3. The Morgan fingerprint density at radius 1 is 1.42 bits per heavy atom. The van der Waals surface area contributed by atoms with Gasteiger partial charge in [-0.1, -0.05) is 0 Å². The molecule has 1 aliphatic rings. The van der Waals surface area contributed by atoms with Gasteiger partial charge in [-0.2, -0.15) is 0 Å². The van der Waals surface area contributed by atoms with E-state index in [1.807, 2.05) is 6.20 Å². The number of nitrogens with zero attached hydrogens (tertiary/aromatic N) is 3. The lowest BCUT2D eigenvalue weighted by atomic mass is 10.0. The predicted molar refractivity (Wildman–Crippen MR) is 87.5 cm³/mol. The number of piperidine rings is 1. The fourth-order valence-electron chi connectivity index (χ4n) is 2.43. The molecule has 2 rings (SSSR count). The SMILES string of the molecule is CC(C)(C)NCC1CCCCN1c1ncncc1I. The quantitative estimate of drug-likeness (QED) is 0.827. The number of hydrogen-bond acceptors (Lipinski definition) is 4. The van der Waals surface area contributed by atoms with Crippen molar-refractivity contribution in [3.8, 4) is 0 Å². The highest BCUT2D eigenvalue weighted by Crippen LogP contribution is 2.26. The first kappa shape index (κ1) is 15.0. The summed E-state index contributed by atoms with van der Waals surface area (Å²) in [5.41, 5.74) is 0.169. The molecular weight excluding hydrogens is 351 g/mol. The fourth-order valence-corrected chi connectivity index (χ4v) is 3.04. The smallest absolute Gasteiger partial charge is 0.145 e. The van der Waals surface area contributed by atoms with Gasteiger partial charge in [-0.15, -0.1) is 0 Å². The molecule has 106 valence electrons. The van der Waals surface area contributed by atoms with Crippen molar-refractivity contribution in [2.24, 2.45) is 0 Å². The van der Waals surface area contributed by atoms with Crippen LogP contribution in [0.5, 0.6) is 0 Å². The van der Waals surface area contributed by atoms with Crippen molar-refractivity contribution in [3.05, 3.63) is 16.1 Å². The van der Waals surface area contributed by atoms with Crippen LogP contribution in [0.15, 0.2) is 12.5 Å². The zero-order valence-corrected chi connectivity index (χ0v) is 14.1. The Balaban J connectivity index is 2.10. The highest BCUT2D eigenvalue weighted by molar-refractivity contribution is 14.1. The molecule has 1 aromatic rings. The summed E-state index contributed by atoms with van der Waals surface area (Å²) in [5, 5.41) is 3.62. The molecule has 0 bridgehead atoms. The third kappa shape index (κ3) is 4.27. The largest absolute Gasteiger partial charge is 0.351 e. The molecule has 1 saturated heterocycles. The molecule has 19 heavy (non-hydrogen) atoms. The van der Waals surface area contributed by atoms with E-state index in [0.717, 1.165) is 22.5 Å². The van der Waals surface area contributed by atoms with E-state index in [1.54, 1.807) is 6.33 Å². The topological polar surface area (TPSA) is 41.0 Å². The van der Waals surface area contributed by atoms with E-state index in [4.69, 9.17) is 0 Å². The van der Waals surface area contributed by atoms with Gasteiger partial charge < -0.3 is 10.2 Å². The second-order valence-electron chi connectivity index (χ2n) is 6.17. The lowest BCUT2D eigenvalue weighted by Gasteiger charge is -2.38. The minimum Gasteiger partial charge on any atom is -0.351 e. The maximum Gasteiger partial charge on any atom is 0.145 e. The van der Waals surface area contributed by atoms with Gasteiger partial charge in [-0.05, 0) is 62.6 Å². The predicted octanol–water partition coefficient (Wildman–Crippen LogP) is 2.83. The van der Waals surface area contributed by atoms with Gasteiger partial charge in [0, 0.05) is 30.9 Å². The molecule has 0 radical (unpaired) electrons. The van der Waals surface area contributed by atoms with Gasteiger partial charge >= 0.3 is 0 Å². The van der Waals surface area contributed by atoms with E-state index in [2.05, 4.69) is 63.5 Å². The second-order valence-corrected chi connectivity index (χ2v) is 7.33. The first-order valence-corrected chi connectivity index (χ1v) is 8.02. The van der Waals surface area contributed by atoms with Crippen molar-refractivity contribution in [2.45, 2.75) is 51.6 Å². The van der Waals surface area contributed by atoms with E-state index in [9.17, 15) is 0 Å². The summed E-state index contributed by atoms with van der Waals surface area (Å²) < 4.78 is 1.14. The van der Waals surface area contributed by atoms with Crippen LogP contribution in [0.2, 0.25) is 0 Å². The molecule has 1 unspecified atom stereocenters. The molecule has 4 nitrogen and oxygen atoms in total. The van der Waals surface area contributed by atoms with Crippen LogP contribution in [0, 0.1) is 3.57 Å². The van der Waals surface area contributed by atoms with Crippen molar-refractivity contribution in [3.63, 3.8) is 0 Å². The molecule has 2 heterocycles. The fraction of sp³-hybridized carbons (Fsp3) is 0.714. The molecule has 1 atom stereocenters. The normalized spacial score (nSPS) is 20.6. The Labute approximate surface area is 129 Å². The molecule has 1 fully saturated rings. The average molecular weight is 374 g/mol. The van der Waals surface area contributed by atoms with Gasteiger partial charge in [0.1, 0.15) is 12.1 Å². The Hall–Kier alpha value is -0.430. The summed E-state index contributed by atoms with van der Waals surface area (Å²) in [4.78, 5) is 11.0. The third-order valence-electron chi connectivity index (χ3n) is 3.42. The molecule has 1 aromatic heterocycles. The molecule has 0 amide bonds. The first-order valence-electron chi connectivity index (χ1n) is 6.94. The summed E-state index contributed by atoms with van der Waals surface area (Å²) in [5.74, 6) is 1.09. The van der Waals surface area contributed by atoms with Crippen LogP contribution in [-0.4, -0.2) is 34.6 Å². The van der Waals surface area contributed by atoms with Gasteiger partial charge in [0.25, 0.3) is 0 Å².